The van der Waals surface area contributed by atoms with Crippen LogP contribution >= 0.6 is 0 Å². The summed E-state index contributed by atoms with van der Waals surface area (Å²) in [6, 6.07) is 6.57. The number of nitrogens with zero attached hydrogens (tertiary/aromatic N) is 2. The summed E-state index contributed by atoms with van der Waals surface area (Å²) in [7, 11) is 1.51. The SMILES string of the molecule is Cn1cc(C(F)(F)F)nc1-c1ccc(CO)cc1.[SbH]. The summed E-state index contributed by atoms with van der Waals surface area (Å²) in [5, 5.41) is 8.89. The molecule has 0 atom stereocenters. The van der Waals surface area contributed by atoms with Crippen LogP contribution < -0.4 is 0 Å². The van der Waals surface area contributed by atoms with Gasteiger partial charge in [0.25, 0.3) is 0 Å². The molecule has 0 aliphatic rings. The van der Waals surface area contributed by atoms with Crippen molar-refractivity contribution in [2.24, 2.45) is 7.05 Å². The quantitative estimate of drug-likeness (QED) is 0.811. The van der Waals surface area contributed by atoms with Crippen LogP contribution in [0.3, 0.4) is 0 Å². The van der Waals surface area contributed by atoms with Gasteiger partial charge in [0.15, 0.2) is 5.69 Å². The average molecular weight is 379 g/mol. The van der Waals surface area contributed by atoms with Gasteiger partial charge < -0.3 is 9.67 Å². The van der Waals surface area contributed by atoms with Crippen molar-refractivity contribution in [2.75, 3.05) is 0 Å². The zero-order chi connectivity index (χ0) is 13.3. The third-order valence-corrected chi connectivity index (χ3v) is 2.56. The van der Waals surface area contributed by atoms with E-state index in [1.807, 2.05) is 0 Å². The van der Waals surface area contributed by atoms with Gasteiger partial charge in [0.2, 0.25) is 0 Å². The maximum absolute atomic E-state index is 12.5. The van der Waals surface area contributed by atoms with Gasteiger partial charge in [-0.3, -0.25) is 0 Å². The molecule has 0 saturated heterocycles. The second-order valence-corrected chi connectivity index (χ2v) is 3.91. The molecule has 0 amide bonds. The summed E-state index contributed by atoms with van der Waals surface area (Å²) in [4.78, 5) is 3.58. The van der Waals surface area contributed by atoms with E-state index in [1.54, 1.807) is 24.3 Å². The Labute approximate surface area is 125 Å². The Morgan fingerprint density at radius 3 is 2.21 bits per heavy atom. The number of halogens is 3. The van der Waals surface area contributed by atoms with E-state index in [4.69, 9.17) is 5.11 Å². The van der Waals surface area contributed by atoms with Crippen molar-refractivity contribution >= 4 is 24.4 Å². The van der Waals surface area contributed by atoms with E-state index in [9.17, 15) is 13.2 Å². The number of hydrogen-bond acceptors (Lipinski definition) is 2. The summed E-state index contributed by atoms with van der Waals surface area (Å²) in [5.41, 5.74) is 0.362. The van der Waals surface area contributed by atoms with Crippen molar-refractivity contribution in [3.05, 3.63) is 41.7 Å². The number of alkyl halides is 3. The molecular weight excluding hydrogens is 367 g/mol. The Kier molecular flexibility index (Phi) is 5.04. The van der Waals surface area contributed by atoms with Crippen molar-refractivity contribution in [2.45, 2.75) is 12.8 Å². The summed E-state index contributed by atoms with van der Waals surface area (Å²) in [6.07, 6.45) is -3.49. The van der Waals surface area contributed by atoms with Crippen molar-refractivity contribution in [1.82, 2.24) is 9.55 Å². The number of imidazole rings is 1. The van der Waals surface area contributed by atoms with Gasteiger partial charge in [-0.1, -0.05) is 24.3 Å². The number of hydrogen-bond donors (Lipinski definition) is 1. The van der Waals surface area contributed by atoms with Crippen LogP contribution in [0.4, 0.5) is 13.2 Å². The van der Waals surface area contributed by atoms with Crippen LogP contribution in [0.25, 0.3) is 11.4 Å². The molecule has 7 heteroatoms. The van der Waals surface area contributed by atoms with Gasteiger partial charge in [-0.15, -0.1) is 0 Å². The van der Waals surface area contributed by atoms with Gasteiger partial charge >= 0.3 is 30.6 Å². The topological polar surface area (TPSA) is 38.0 Å². The van der Waals surface area contributed by atoms with E-state index in [2.05, 4.69) is 4.98 Å². The first-order chi connectivity index (χ1) is 8.41. The molecule has 1 aromatic heterocycles. The van der Waals surface area contributed by atoms with E-state index in [1.165, 1.54) is 11.6 Å². The average Bonchev–Trinajstić information content (AvgIpc) is 2.71. The number of aryl methyl sites for hydroxylation is 1. The molecule has 0 fully saturated rings. The number of aliphatic hydroxyl groups is 1. The standard InChI is InChI=1S/C12H11F3N2O.Sb.H/c1-17-6-10(12(13,14)15)16-11(17)9-4-2-8(7-18)3-5-9;;/h2-6,18H,7H2,1H3;;. The first-order valence-electron chi connectivity index (χ1n) is 5.22. The van der Waals surface area contributed by atoms with Crippen LogP contribution in [-0.4, -0.2) is 39.1 Å². The van der Waals surface area contributed by atoms with Crippen LogP contribution in [-0.2, 0) is 19.8 Å². The van der Waals surface area contributed by atoms with Crippen LogP contribution in [0, 0.1) is 0 Å². The fourth-order valence-corrected chi connectivity index (χ4v) is 1.63. The molecule has 0 spiro atoms. The Balaban J connectivity index is 0.00000180. The predicted octanol–water partition coefficient (Wildman–Crippen LogP) is 1.95. The number of rotatable bonds is 2. The monoisotopic (exact) mass is 378 g/mol. The molecule has 1 N–H and O–H groups in total. The molecule has 0 bridgehead atoms. The number of aromatic nitrogens is 2. The van der Waals surface area contributed by atoms with Crippen LogP contribution in [0.5, 0.6) is 0 Å². The van der Waals surface area contributed by atoms with Gasteiger partial charge in [-0.25, -0.2) is 4.98 Å². The zero-order valence-corrected chi connectivity index (χ0v) is 12.9. The molecule has 2 rings (SSSR count). The Morgan fingerprint density at radius 1 is 1.21 bits per heavy atom. The van der Waals surface area contributed by atoms with E-state index < -0.39 is 11.9 Å². The molecule has 0 aliphatic carbocycles. The number of benzene rings is 1. The van der Waals surface area contributed by atoms with Crippen LogP contribution in [0.1, 0.15) is 11.3 Å². The van der Waals surface area contributed by atoms with Crippen molar-refractivity contribution < 1.29 is 18.3 Å². The molecule has 2 radical (unpaired) electrons. The first kappa shape index (κ1) is 16.1. The van der Waals surface area contributed by atoms with Crippen molar-refractivity contribution in [1.29, 1.82) is 0 Å². The maximum atomic E-state index is 12.5. The summed E-state index contributed by atoms with van der Waals surface area (Å²) in [5.74, 6) is 0.242. The minimum absolute atomic E-state index is 0. The predicted molar refractivity (Wildman–Crippen MR) is 66.7 cm³/mol. The Bertz CT molecular complexity index is 549. The molecular formula is C12H12F3N2OSb. The molecule has 0 unspecified atom stereocenters. The summed E-state index contributed by atoms with van der Waals surface area (Å²) >= 11 is 0. The third-order valence-electron chi connectivity index (χ3n) is 2.56. The summed E-state index contributed by atoms with van der Waals surface area (Å²) < 4.78 is 38.9. The molecule has 102 valence electrons. The van der Waals surface area contributed by atoms with Gasteiger partial charge in [-0.2, -0.15) is 13.2 Å². The molecule has 2 aromatic rings. The van der Waals surface area contributed by atoms with Gasteiger partial charge in [-0.05, 0) is 5.56 Å². The van der Waals surface area contributed by atoms with Crippen molar-refractivity contribution in [3.8, 4) is 11.4 Å². The van der Waals surface area contributed by atoms with E-state index in [0.29, 0.717) is 11.1 Å². The van der Waals surface area contributed by atoms with E-state index >= 15 is 0 Å². The molecule has 3 nitrogen and oxygen atoms in total. The molecule has 1 aromatic carbocycles. The molecule has 19 heavy (non-hydrogen) atoms. The third kappa shape index (κ3) is 3.51. The second kappa shape index (κ2) is 5.97. The number of aliphatic hydroxyl groups excluding tert-OH is 1. The van der Waals surface area contributed by atoms with Crippen LogP contribution in [0.2, 0.25) is 0 Å². The van der Waals surface area contributed by atoms with Crippen LogP contribution in [0.15, 0.2) is 30.5 Å². The molecule has 0 aliphatic heterocycles. The fourth-order valence-electron chi connectivity index (χ4n) is 1.63. The minimum atomic E-state index is -4.44. The van der Waals surface area contributed by atoms with Gasteiger partial charge in [0.1, 0.15) is 5.82 Å². The summed E-state index contributed by atoms with van der Waals surface area (Å²) in [6.45, 7) is -0.103. The van der Waals surface area contributed by atoms with E-state index in [0.717, 1.165) is 6.20 Å². The Hall–Kier alpha value is -1.00. The molecule has 0 saturated carbocycles. The van der Waals surface area contributed by atoms with Gasteiger partial charge in [0.05, 0.1) is 6.61 Å². The van der Waals surface area contributed by atoms with E-state index in [-0.39, 0.29) is 36.9 Å². The van der Waals surface area contributed by atoms with Crippen molar-refractivity contribution in [3.63, 3.8) is 0 Å². The molecule has 1 heterocycles. The van der Waals surface area contributed by atoms with Gasteiger partial charge in [0, 0.05) is 18.8 Å². The second-order valence-electron chi connectivity index (χ2n) is 3.91. The normalized spacial score (nSPS) is 11.2. The Morgan fingerprint density at radius 2 is 1.79 bits per heavy atom. The zero-order valence-electron chi connectivity index (χ0n) is 10.1. The fraction of sp³-hybridized carbons (Fsp3) is 0.250. The first-order valence-corrected chi connectivity index (χ1v) is 5.22.